The Labute approximate surface area is 116 Å². The fraction of sp³-hybridized carbons (Fsp3) is 0.692. The zero-order chi connectivity index (χ0) is 13.8. The fourth-order valence-electron chi connectivity index (χ4n) is 3.04. The minimum atomic E-state index is -0.440. The molecule has 1 aromatic heterocycles. The van der Waals surface area contributed by atoms with Crippen LogP contribution in [0.15, 0.2) is 5.38 Å². The lowest BCUT2D eigenvalue weighted by Crippen LogP contribution is -2.42. The molecule has 104 valence electrons. The van der Waals surface area contributed by atoms with E-state index in [0.29, 0.717) is 17.0 Å². The summed E-state index contributed by atoms with van der Waals surface area (Å²) in [7, 11) is 0. The molecule has 19 heavy (non-hydrogen) atoms. The number of aromatic nitrogens is 1. The first kappa shape index (κ1) is 12.7. The zero-order valence-electron chi connectivity index (χ0n) is 11.4. The van der Waals surface area contributed by atoms with Crippen molar-refractivity contribution in [2.75, 3.05) is 12.3 Å². The van der Waals surface area contributed by atoms with Crippen LogP contribution in [0.5, 0.6) is 0 Å². The van der Waals surface area contributed by atoms with Crippen molar-refractivity contribution in [2.45, 2.75) is 44.8 Å². The number of carbonyl (C=O) groups excluding carboxylic acids is 1. The lowest BCUT2D eigenvalue weighted by Gasteiger charge is -2.35. The molecule has 1 amide bonds. The summed E-state index contributed by atoms with van der Waals surface area (Å²) < 4.78 is 5.45. The Bertz CT molecular complexity index is 508. The second kappa shape index (κ2) is 4.10. The molecular weight excluding hydrogens is 262 g/mol. The molecule has 6 heteroatoms. The molecule has 2 N–H and O–H groups in total. The van der Waals surface area contributed by atoms with Gasteiger partial charge in [0.2, 0.25) is 0 Å². The van der Waals surface area contributed by atoms with E-state index in [1.165, 1.54) is 11.3 Å². The quantitative estimate of drug-likeness (QED) is 0.858. The number of fused-ring (bicyclic) bond motifs is 1. The molecule has 5 nitrogen and oxygen atoms in total. The largest absolute Gasteiger partial charge is 0.444 e. The van der Waals surface area contributed by atoms with E-state index in [0.717, 1.165) is 18.7 Å². The SMILES string of the molecule is CC(C)(C)OC(=O)N1C[C@@H]2C[C@H]1C2c1csc(N)n1. The van der Waals surface area contributed by atoms with Crippen molar-refractivity contribution in [3.63, 3.8) is 0 Å². The molecule has 3 fully saturated rings. The summed E-state index contributed by atoms with van der Waals surface area (Å²) in [5.74, 6) is 0.861. The Morgan fingerprint density at radius 1 is 1.58 bits per heavy atom. The number of nitrogens with two attached hydrogens (primary N) is 1. The summed E-state index contributed by atoms with van der Waals surface area (Å²) in [6.45, 7) is 6.46. The number of amides is 1. The van der Waals surface area contributed by atoms with Gasteiger partial charge in [-0.3, -0.25) is 0 Å². The van der Waals surface area contributed by atoms with E-state index in [1.54, 1.807) is 0 Å². The summed E-state index contributed by atoms with van der Waals surface area (Å²) in [6, 6.07) is 0.237. The van der Waals surface area contributed by atoms with Gasteiger partial charge in [-0.25, -0.2) is 9.78 Å². The monoisotopic (exact) mass is 281 g/mol. The Morgan fingerprint density at radius 2 is 2.32 bits per heavy atom. The standard InChI is InChI=1S/C13H19N3O2S/c1-13(2,3)18-12(17)16-5-7-4-9(16)10(7)8-6-19-11(14)15-8/h6-7,9-10H,4-5H2,1-3H3,(H2,14,15)/t7-,9-,10?/m0/s1. The Hall–Kier alpha value is -1.30. The van der Waals surface area contributed by atoms with Gasteiger partial charge in [-0.15, -0.1) is 11.3 Å². The van der Waals surface area contributed by atoms with Crippen molar-refractivity contribution in [2.24, 2.45) is 5.92 Å². The van der Waals surface area contributed by atoms with Gasteiger partial charge in [0, 0.05) is 23.9 Å². The van der Waals surface area contributed by atoms with Crippen molar-refractivity contribution in [1.82, 2.24) is 9.88 Å². The lowest BCUT2D eigenvalue weighted by molar-refractivity contribution is 0.0232. The molecule has 0 spiro atoms. The molecule has 2 bridgehead atoms. The molecule has 0 aromatic carbocycles. The van der Waals surface area contributed by atoms with Gasteiger partial charge in [-0.05, 0) is 33.1 Å². The second-order valence-electron chi connectivity index (χ2n) is 6.33. The van der Waals surface area contributed by atoms with Crippen LogP contribution in [-0.4, -0.2) is 34.2 Å². The summed E-state index contributed by atoms with van der Waals surface area (Å²) in [5, 5.41) is 2.61. The predicted molar refractivity (Wildman–Crippen MR) is 74.1 cm³/mol. The van der Waals surface area contributed by atoms with Crippen molar-refractivity contribution < 1.29 is 9.53 Å². The normalized spacial score (nSPS) is 29.2. The van der Waals surface area contributed by atoms with Crippen molar-refractivity contribution in [3.8, 4) is 0 Å². The first-order valence-corrected chi connectivity index (χ1v) is 7.43. The van der Waals surface area contributed by atoms with Gasteiger partial charge in [0.25, 0.3) is 0 Å². The van der Waals surface area contributed by atoms with Crippen LogP contribution in [0.1, 0.15) is 38.8 Å². The van der Waals surface area contributed by atoms with Gasteiger partial charge in [0.05, 0.1) is 5.69 Å². The number of rotatable bonds is 1. The highest BCUT2D eigenvalue weighted by atomic mass is 32.1. The molecule has 1 aliphatic carbocycles. The summed E-state index contributed by atoms with van der Waals surface area (Å²) in [6.07, 6.45) is 0.854. The smallest absolute Gasteiger partial charge is 0.410 e. The van der Waals surface area contributed by atoms with E-state index in [9.17, 15) is 4.79 Å². The molecule has 1 saturated carbocycles. The summed E-state index contributed by atoms with van der Waals surface area (Å²) >= 11 is 1.47. The molecule has 3 aliphatic rings. The van der Waals surface area contributed by atoms with E-state index in [4.69, 9.17) is 10.5 Å². The van der Waals surface area contributed by atoms with E-state index < -0.39 is 5.60 Å². The lowest BCUT2D eigenvalue weighted by atomic mass is 9.72. The van der Waals surface area contributed by atoms with Crippen LogP contribution in [0.25, 0.3) is 0 Å². The van der Waals surface area contributed by atoms with Gasteiger partial charge in [-0.2, -0.15) is 0 Å². The first-order chi connectivity index (χ1) is 8.85. The van der Waals surface area contributed by atoms with E-state index in [2.05, 4.69) is 4.98 Å². The van der Waals surface area contributed by atoms with Gasteiger partial charge >= 0.3 is 6.09 Å². The van der Waals surface area contributed by atoms with Gasteiger partial charge in [0.1, 0.15) is 5.60 Å². The molecule has 1 aromatic rings. The fourth-order valence-corrected chi connectivity index (χ4v) is 3.65. The highest BCUT2D eigenvalue weighted by Crippen LogP contribution is 2.52. The molecule has 0 radical (unpaired) electrons. The average molecular weight is 281 g/mol. The van der Waals surface area contributed by atoms with Gasteiger partial charge < -0.3 is 15.4 Å². The molecular formula is C13H19N3O2S. The number of carbonyl (C=O) groups is 1. The Kier molecular flexibility index (Phi) is 2.74. The van der Waals surface area contributed by atoms with E-state index in [-0.39, 0.29) is 12.1 Å². The highest BCUT2D eigenvalue weighted by Gasteiger charge is 2.55. The van der Waals surface area contributed by atoms with Crippen LogP contribution in [0.2, 0.25) is 0 Å². The average Bonchev–Trinajstić information content (AvgIpc) is 2.88. The van der Waals surface area contributed by atoms with Crippen molar-refractivity contribution >= 4 is 22.6 Å². The molecule has 3 heterocycles. The maximum atomic E-state index is 12.1. The summed E-state index contributed by atoms with van der Waals surface area (Å²) in [5.41, 5.74) is 6.28. The van der Waals surface area contributed by atoms with Crippen molar-refractivity contribution in [1.29, 1.82) is 0 Å². The third kappa shape index (κ3) is 2.18. The minimum absolute atomic E-state index is 0.203. The highest BCUT2D eigenvalue weighted by molar-refractivity contribution is 7.13. The number of hydrogen-bond acceptors (Lipinski definition) is 5. The third-order valence-corrected chi connectivity index (χ3v) is 4.50. The van der Waals surface area contributed by atoms with Crippen molar-refractivity contribution in [3.05, 3.63) is 11.1 Å². The van der Waals surface area contributed by atoms with Crippen LogP contribution in [0.4, 0.5) is 9.93 Å². The number of anilines is 1. The molecule has 2 aliphatic heterocycles. The van der Waals surface area contributed by atoms with Crippen LogP contribution in [-0.2, 0) is 4.74 Å². The number of hydrogen-bond donors (Lipinski definition) is 1. The van der Waals surface area contributed by atoms with Crippen LogP contribution in [0.3, 0.4) is 0 Å². The van der Waals surface area contributed by atoms with Gasteiger partial charge in [-0.1, -0.05) is 0 Å². The first-order valence-electron chi connectivity index (χ1n) is 6.55. The predicted octanol–water partition coefficient (Wildman–Crippen LogP) is 2.45. The zero-order valence-corrected chi connectivity index (χ0v) is 12.2. The topological polar surface area (TPSA) is 68.5 Å². The maximum absolute atomic E-state index is 12.1. The van der Waals surface area contributed by atoms with E-state index >= 15 is 0 Å². The van der Waals surface area contributed by atoms with Crippen LogP contribution in [0, 0.1) is 5.92 Å². The Balaban J connectivity index is 1.71. The van der Waals surface area contributed by atoms with Gasteiger partial charge in [0.15, 0.2) is 5.13 Å². The second-order valence-corrected chi connectivity index (χ2v) is 7.22. The number of nitrogens with zero attached hydrogens (tertiary/aromatic N) is 2. The minimum Gasteiger partial charge on any atom is -0.444 e. The molecule has 2 saturated heterocycles. The molecule has 3 atom stereocenters. The number of nitrogen functional groups attached to an aromatic ring is 1. The number of ether oxygens (including phenoxy) is 1. The third-order valence-electron chi connectivity index (χ3n) is 3.81. The van der Waals surface area contributed by atoms with Crippen LogP contribution >= 0.6 is 11.3 Å². The molecule has 4 rings (SSSR count). The summed E-state index contributed by atoms with van der Waals surface area (Å²) in [4.78, 5) is 18.4. The Morgan fingerprint density at radius 3 is 2.89 bits per heavy atom. The maximum Gasteiger partial charge on any atom is 0.410 e. The van der Waals surface area contributed by atoms with Crippen LogP contribution < -0.4 is 5.73 Å². The number of thiazole rings is 1. The molecule has 1 unspecified atom stereocenters. The van der Waals surface area contributed by atoms with E-state index in [1.807, 2.05) is 31.1 Å².